The average molecular weight is 635 g/mol. The molecule has 228 valence electrons. The largest absolute Gasteiger partial charge is 0.496 e. The van der Waals surface area contributed by atoms with E-state index in [1.807, 2.05) is 6.92 Å². The second-order valence-corrected chi connectivity index (χ2v) is 11.2. The van der Waals surface area contributed by atoms with Crippen molar-refractivity contribution in [2.45, 2.75) is 39.7 Å². The van der Waals surface area contributed by atoms with Crippen LogP contribution in [0.2, 0.25) is 5.02 Å². The van der Waals surface area contributed by atoms with Gasteiger partial charge in [0.25, 0.3) is 5.56 Å². The highest BCUT2D eigenvalue weighted by Crippen LogP contribution is 2.38. The lowest BCUT2D eigenvalue weighted by Gasteiger charge is -2.27. The number of furan rings is 1. The van der Waals surface area contributed by atoms with Gasteiger partial charge < -0.3 is 18.6 Å². The molecule has 0 amide bonds. The molecule has 1 atom stereocenters. The lowest BCUT2D eigenvalue weighted by molar-refractivity contribution is -0.139. The number of esters is 2. The van der Waals surface area contributed by atoms with Gasteiger partial charge in [-0.15, -0.1) is 0 Å². The number of allylic oxidation sites excluding steroid dienone is 1. The molecule has 0 bridgehead atoms. The van der Waals surface area contributed by atoms with Gasteiger partial charge in [-0.25, -0.2) is 14.6 Å². The number of carbonyl (C=O) groups is 2. The quantitative estimate of drug-likeness (QED) is 0.207. The second kappa shape index (κ2) is 13.5. The predicted molar refractivity (Wildman–Crippen MR) is 168 cm³/mol. The fourth-order valence-electron chi connectivity index (χ4n) is 5.03. The molecule has 1 aliphatic rings. The van der Waals surface area contributed by atoms with E-state index in [1.165, 1.54) is 23.0 Å². The highest BCUT2D eigenvalue weighted by Gasteiger charge is 2.36. The van der Waals surface area contributed by atoms with Crippen molar-refractivity contribution in [3.63, 3.8) is 0 Å². The molecule has 2 aromatic heterocycles. The molecule has 0 spiro atoms. The Kier molecular flexibility index (Phi) is 9.51. The van der Waals surface area contributed by atoms with Crippen molar-refractivity contribution >= 4 is 41.0 Å². The molecule has 0 saturated heterocycles. The molecule has 44 heavy (non-hydrogen) atoms. The monoisotopic (exact) mass is 634 g/mol. The smallest absolute Gasteiger partial charge is 0.338 e. The average Bonchev–Trinajstić information content (AvgIpc) is 3.61. The van der Waals surface area contributed by atoms with Crippen molar-refractivity contribution in [1.29, 1.82) is 0 Å². The molecule has 0 N–H and O–H groups in total. The summed E-state index contributed by atoms with van der Waals surface area (Å²) in [6, 6.07) is 14.7. The van der Waals surface area contributed by atoms with E-state index in [9.17, 15) is 14.4 Å². The first kappa shape index (κ1) is 31.0. The summed E-state index contributed by atoms with van der Waals surface area (Å²) in [5.74, 6) is 0.547. The molecule has 9 nitrogen and oxygen atoms in total. The van der Waals surface area contributed by atoms with E-state index < -0.39 is 18.0 Å². The van der Waals surface area contributed by atoms with Gasteiger partial charge in [-0.05, 0) is 62.7 Å². The van der Waals surface area contributed by atoms with E-state index in [0.29, 0.717) is 61.5 Å². The summed E-state index contributed by atoms with van der Waals surface area (Å²) in [7, 11) is 1.52. The molecule has 0 radical (unpaired) electrons. The number of methoxy groups -OCH3 is 1. The summed E-state index contributed by atoms with van der Waals surface area (Å²) in [5.41, 5.74) is 2.23. The number of fused-ring (bicyclic) bond motifs is 1. The third-order valence-electron chi connectivity index (χ3n) is 6.96. The standard InChI is InChI=1S/C33H31ClN2O7S/c1-5-8-24-28(32(39)42-7-3)29(23-17-21(34)13-15-26(23)40-4)36-30(37)27(44-33(36)35-24)18-22-14-16-25(43-22)19-9-11-20(12-10-19)31(38)41-6-2/h9-18,29H,5-8H2,1-4H3/b27-18+/t29-/m1/s1. The van der Waals surface area contributed by atoms with Gasteiger partial charge in [0.1, 0.15) is 23.3 Å². The Morgan fingerprint density at radius 3 is 2.43 bits per heavy atom. The molecule has 4 aromatic rings. The maximum absolute atomic E-state index is 14.1. The third-order valence-corrected chi connectivity index (χ3v) is 8.18. The van der Waals surface area contributed by atoms with Crippen molar-refractivity contribution < 1.29 is 28.2 Å². The van der Waals surface area contributed by atoms with Gasteiger partial charge in [-0.1, -0.05) is 48.4 Å². The molecule has 11 heteroatoms. The summed E-state index contributed by atoms with van der Waals surface area (Å²) in [5, 5.41) is 0.429. The molecule has 0 aliphatic carbocycles. The number of thiazole rings is 1. The molecule has 0 unspecified atom stereocenters. The third kappa shape index (κ3) is 6.13. The molecule has 2 aromatic carbocycles. The Morgan fingerprint density at radius 1 is 1.02 bits per heavy atom. The topological polar surface area (TPSA) is 109 Å². The molecule has 0 fully saturated rings. The highest BCUT2D eigenvalue weighted by atomic mass is 35.5. The van der Waals surface area contributed by atoms with E-state index >= 15 is 0 Å². The van der Waals surface area contributed by atoms with Crippen LogP contribution in [-0.4, -0.2) is 36.8 Å². The van der Waals surface area contributed by atoms with Crippen LogP contribution in [0.15, 0.2) is 80.1 Å². The van der Waals surface area contributed by atoms with Crippen LogP contribution in [-0.2, 0) is 14.3 Å². The van der Waals surface area contributed by atoms with Crippen LogP contribution in [0.4, 0.5) is 0 Å². The highest BCUT2D eigenvalue weighted by molar-refractivity contribution is 7.07. The number of hydrogen-bond acceptors (Lipinski definition) is 9. The minimum Gasteiger partial charge on any atom is -0.496 e. The number of hydrogen-bond donors (Lipinski definition) is 0. The summed E-state index contributed by atoms with van der Waals surface area (Å²) >= 11 is 7.61. The van der Waals surface area contributed by atoms with Crippen LogP contribution < -0.4 is 19.6 Å². The van der Waals surface area contributed by atoms with Crippen molar-refractivity contribution in [3.8, 4) is 17.1 Å². The predicted octanol–water partition coefficient (Wildman–Crippen LogP) is 5.68. The second-order valence-electron chi connectivity index (χ2n) is 9.80. The maximum Gasteiger partial charge on any atom is 0.338 e. The number of carbonyl (C=O) groups excluding carboxylic acids is 2. The van der Waals surface area contributed by atoms with Gasteiger partial charge in [0.2, 0.25) is 0 Å². The minimum atomic E-state index is -0.868. The minimum absolute atomic E-state index is 0.165. The van der Waals surface area contributed by atoms with Crippen molar-refractivity contribution in [1.82, 2.24) is 4.57 Å². The first-order valence-electron chi connectivity index (χ1n) is 14.2. The number of nitrogens with zero attached hydrogens (tertiary/aromatic N) is 2. The maximum atomic E-state index is 14.1. The molecule has 1 aliphatic heterocycles. The summed E-state index contributed by atoms with van der Waals surface area (Å²) < 4.78 is 24.1. The van der Waals surface area contributed by atoms with Gasteiger partial charge in [0.05, 0.1) is 41.7 Å². The van der Waals surface area contributed by atoms with Gasteiger partial charge >= 0.3 is 11.9 Å². The summed E-state index contributed by atoms with van der Waals surface area (Å²) in [6.07, 6.45) is 2.89. The Hall–Kier alpha value is -4.41. The number of aromatic nitrogens is 1. The van der Waals surface area contributed by atoms with Crippen molar-refractivity contribution in [2.75, 3.05) is 20.3 Å². The van der Waals surface area contributed by atoms with E-state index in [4.69, 9.17) is 35.2 Å². The SMILES string of the molecule is CCCC1=C(C(=O)OCC)[C@@H](c2cc(Cl)ccc2OC)n2c(s/c(=C/c3ccc(-c4ccc(C(=O)OCC)cc4)o3)c2=O)=N1. The van der Waals surface area contributed by atoms with E-state index in [1.54, 1.807) is 74.5 Å². The first-order chi connectivity index (χ1) is 21.3. The Balaban J connectivity index is 1.62. The van der Waals surface area contributed by atoms with Crippen molar-refractivity contribution in [3.05, 3.63) is 107 Å². The zero-order chi connectivity index (χ0) is 31.4. The van der Waals surface area contributed by atoms with E-state index in [0.717, 1.165) is 12.0 Å². The lowest BCUT2D eigenvalue weighted by Crippen LogP contribution is -2.40. The van der Waals surface area contributed by atoms with E-state index in [2.05, 4.69) is 0 Å². The van der Waals surface area contributed by atoms with Crippen molar-refractivity contribution in [2.24, 2.45) is 4.99 Å². The van der Waals surface area contributed by atoms with Crippen LogP contribution in [0, 0.1) is 0 Å². The van der Waals surface area contributed by atoms with Gasteiger partial charge in [0, 0.05) is 22.2 Å². The fourth-order valence-corrected chi connectivity index (χ4v) is 6.21. The fraction of sp³-hybridized carbons (Fsp3) is 0.273. The van der Waals surface area contributed by atoms with E-state index in [-0.39, 0.29) is 17.7 Å². The first-order valence-corrected chi connectivity index (χ1v) is 15.4. The zero-order valence-corrected chi connectivity index (χ0v) is 26.3. The zero-order valence-electron chi connectivity index (χ0n) is 24.7. The van der Waals surface area contributed by atoms with Crippen LogP contribution in [0.3, 0.4) is 0 Å². The molecular formula is C33H31ClN2O7S. The Bertz CT molecular complexity index is 1920. The van der Waals surface area contributed by atoms with Gasteiger partial charge in [-0.2, -0.15) is 0 Å². The summed E-state index contributed by atoms with van der Waals surface area (Å²) in [4.78, 5) is 44.7. The number of halogens is 1. The molecule has 3 heterocycles. The Morgan fingerprint density at radius 2 is 1.75 bits per heavy atom. The lowest BCUT2D eigenvalue weighted by atomic mass is 9.93. The normalized spacial score (nSPS) is 14.7. The van der Waals surface area contributed by atoms with Crippen LogP contribution in [0.5, 0.6) is 5.75 Å². The molecule has 5 rings (SSSR count). The number of benzene rings is 2. The Labute approximate surface area is 262 Å². The molecular weight excluding hydrogens is 604 g/mol. The molecule has 0 saturated carbocycles. The number of ether oxygens (including phenoxy) is 3. The van der Waals surface area contributed by atoms with Gasteiger partial charge in [-0.3, -0.25) is 9.36 Å². The van der Waals surface area contributed by atoms with Crippen LogP contribution in [0.1, 0.15) is 61.3 Å². The van der Waals surface area contributed by atoms with Gasteiger partial charge in [0.15, 0.2) is 4.80 Å². The van der Waals surface area contributed by atoms with Crippen LogP contribution >= 0.6 is 22.9 Å². The number of rotatable bonds is 10. The van der Waals surface area contributed by atoms with Crippen LogP contribution in [0.25, 0.3) is 17.4 Å². The summed E-state index contributed by atoms with van der Waals surface area (Å²) in [6.45, 7) is 5.94.